The first-order valence-corrected chi connectivity index (χ1v) is 6.23. The van der Waals surface area contributed by atoms with E-state index in [1.807, 2.05) is 6.07 Å². The fourth-order valence-electron chi connectivity index (χ4n) is 2.36. The van der Waals surface area contributed by atoms with Crippen molar-refractivity contribution in [3.05, 3.63) is 28.8 Å². The van der Waals surface area contributed by atoms with Gasteiger partial charge in [0.2, 0.25) is 0 Å². The van der Waals surface area contributed by atoms with Gasteiger partial charge in [0.1, 0.15) is 5.75 Å². The van der Waals surface area contributed by atoms with Crippen LogP contribution in [0.5, 0.6) is 5.75 Å². The van der Waals surface area contributed by atoms with E-state index in [0.29, 0.717) is 10.8 Å². The van der Waals surface area contributed by atoms with Crippen molar-refractivity contribution in [3.8, 4) is 5.75 Å². The minimum Gasteiger partial charge on any atom is -0.508 e. The molecule has 3 heteroatoms. The van der Waals surface area contributed by atoms with Crippen LogP contribution in [0.2, 0.25) is 5.02 Å². The second-order valence-corrected chi connectivity index (χ2v) is 5.13. The van der Waals surface area contributed by atoms with Crippen LogP contribution in [-0.4, -0.2) is 23.1 Å². The van der Waals surface area contributed by atoms with E-state index in [2.05, 4.69) is 11.8 Å². The van der Waals surface area contributed by atoms with Gasteiger partial charge in [0, 0.05) is 23.7 Å². The van der Waals surface area contributed by atoms with E-state index < -0.39 is 0 Å². The Balaban J connectivity index is 2.08. The number of halogens is 1. The highest BCUT2D eigenvalue weighted by Crippen LogP contribution is 2.28. The second-order valence-electron chi connectivity index (χ2n) is 4.72. The third-order valence-corrected chi connectivity index (χ3v) is 3.57. The molecule has 1 atom stereocenters. The lowest BCUT2D eigenvalue weighted by atomic mass is 10.00. The molecule has 0 aromatic heterocycles. The summed E-state index contributed by atoms with van der Waals surface area (Å²) in [5, 5.41) is 10.4. The quantitative estimate of drug-likeness (QED) is 0.856. The topological polar surface area (TPSA) is 23.5 Å². The van der Waals surface area contributed by atoms with Crippen LogP contribution < -0.4 is 0 Å². The van der Waals surface area contributed by atoms with Crippen molar-refractivity contribution < 1.29 is 5.11 Å². The Morgan fingerprint density at radius 1 is 1.50 bits per heavy atom. The summed E-state index contributed by atoms with van der Waals surface area (Å²) < 4.78 is 0. The summed E-state index contributed by atoms with van der Waals surface area (Å²) in [5.74, 6) is 1.06. The number of phenols is 1. The summed E-state index contributed by atoms with van der Waals surface area (Å²) in [6, 6.07) is 5.32. The van der Waals surface area contributed by atoms with E-state index >= 15 is 0 Å². The molecule has 0 bridgehead atoms. The molecule has 2 rings (SSSR count). The largest absolute Gasteiger partial charge is 0.508 e. The standard InChI is InChI=1S/C13H18ClNO/c1-10-4-3-7-15(8-10)9-11-12(14)5-2-6-13(11)16/h2,5-6,10,16H,3-4,7-9H2,1H3. The van der Waals surface area contributed by atoms with Crippen LogP contribution in [-0.2, 0) is 6.54 Å². The lowest BCUT2D eigenvalue weighted by Gasteiger charge is -2.31. The van der Waals surface area contributed by atoms with E-state index in [0.717, 1.165) is 31.1 Å². The van der Waals surface area contributed by atoms with E-state index in [1.165, 1.54) is 12.8 Å². The lowest BCUT2D eigenvalue weighted by Crippen LogP contribution is -2.33. The van der Waals surface area contributed by atoms with Crippen LogP contribution in [0.4, 0.5) is 0 Å². The molecule has 1 heterocycles. The van der Waals surface area contributed by atoms with Crippen molar-refractivity contribution in [3.63, 3.8) is 0 Å². The Hall–Kier alpha value is -0.730. The third kappa shape index (κ3) is 2.69. The van der Waals surface area contributed by atoms with Crippen LogP contribution in [0.3, 0.4) is 0 Å². The molecule has 1 N–H and O–H groups in total. The Morgan fingerprint density at radius 2 is 2.31 bits per heavy atom. The van der Waals surface area contributed by atoms with Gasteiger partial charge in [-0.1, -0.05) is 24.6 Å². The van der Waals surface area contributed by atoms with E-state index in [-0.39, 0.29) is 0 Å². The van der Waals surface area contributed by atoms with Crippen molar-refractivity contribution in [2.45, 2.75) is 26.3 Å². The Bertz CT molecular complexity index is 347. The lowest BCUT2D eigenvalue weighted by molar-refractivity contribution is 0.175. The fraction of sp³-hybridized carbons (Fsp3) is 0.538. The highest BCUT2D eigenvalue weighted by Gasteiger charge is 2.18. The molecule has 0 saturated carbocycles. The van der Waals surface area contributed by atoms with Gasteiger partial charge in [-0.2, -0.15) is 0 Å². The number of rotatable bonds is 2. The Kier molecular flexibility index (Phi) is 3.72. The number of piperidine rings is 1. The zero-order valence-electron chi connectivity index (χ0n) is 9.62. The predicted octanol–water partition coefficient (Wildman–Crippen LogP) is 3.28. The maximum Gasteiger partial charge on any atom is 0.121 e. The summed E-state index contributed by atoms with van der Waals surface area (Å²) in [5.41, 5.74) is 0.860. The molecule has 0 spiro atoms. The number of phenolic OH excluding ortho intramolecular Hbond substituents is 1. The number of hydrogen-bond donors (Lipinski definition) is 1. The Morgan fingerprint density at radius 3 is 3.00 bits per heavy atom. The molecule has 1 aromatic carbocycles. The molecule has 0 amide bonds. The summed E-state index contributed by atoms with van der Waals surface area (Å²) >= 11 is 6.10. The van der Waals surface area contributed by atoms with Gasteiger partial charge in [0.05, 0.1) is 0 Å². The van der Waals surface area contributed by atoms with Gasteiger partial charge in [-0.05, 0) is 37.4 Å². The number of aromatic hydroxyl groups is 1. The molecular formula is C13H18ClNO. The summed E-state index contributed by atoms with van der Waals surface area (Å²) in [6.07, 6.45) is 2.55. The van der Waals surface area contributed by atoms with Crippen LogP contribution in [0.25, 0.3) is 0 Å². The molecule has 0 aliphatic carbocycles. The molecule has 1 unspecified atom stereocenters. The maximum atomic E-state index is 9.78. The average Bonchev–Trinajstić information content (AvgIpc) is 2.24. The zero-order chi connectivity index (χ0) is 11.5. The molecule has 88 valence electrons. The smallest absolute Gasteiger partial charge is 0.121 e. The Labute approximate surface area is 102 Å². The zero-order valence-corrected chi connectivity index (χ0v) is 10.4. The first-order chi connectivity index (χ1) is 7.66. The van der Waals surface area contributed by atoms with E-state index in [9.17, 15) is 5.11 Å². The highest BCUT2D eigenvalue weighted by molar-refractivity contribution is 6.31. The third-order valence-electron chi connectivity index (χ3n) is 3.22. The minimum absolute atomic E-state index is 0.311. The van der Waals surface area contributed by atoms with Crippen LogP contribution in [0.1, 0.15) is 25.3 Å². The molecule has 2 nitrogen and oxygen atoms in total. The van der Waals surface area contributed by atoms with E-state index in [1.54, 1.807) is 12.1 Å². The summed E-state index contributed by atoms with van der Waals surface area (Å²) in [6.45, 7) is 5.24. The number of nitrogens with zero attached hydrogens (tertiary/aromatic N) is 1. The monoisotopic (exact) mass is 239 g/mol. The van der Waals surface area contributed by atoms with Crippen LogP contribution in [0, 0.1) is 5.92 Å². The van der Waals surface area contributed by atoms with Gasteiger partial charge < -0.3 is 5.11 Å². The highest BCUT2D eigenvalue weighted by atomic mass is 35.5. The second kappa shape index (κ2) is 5.07. The van der Waals surface area contributed by atoms with Crippen LogP contribution in [0.15, 0.2) is 18.2 Å². The SMILES string of the molecule is CC1CCCN(Cc2c(O)cccc2Cl)C1. The molecule has 1 saturated heterocycles. The van der Waals surface area contributed by atoms with Gasteiger partial charge in [0.25, 0.3) is 0 Å². The molecule has 16 heavy (non-hydrogen) atoms. The number of likely N-dealkylation sites (tertiary alicyclic amines) is 1. The predicted molar refractivity (Wildman–Crippen MR) is 66.8 cm³/mol. The molecule has 1 fully saturated rings. The van der Waals surface area contributed by atoms with Crippen molar-refractivity contribution in [2.24, 2.45) is 5.92 Å². The van der Waals surface area contributed by atoms with Crippen molar-refractivity contribution in [2.75, 3.05) is 13.1 Å². The van der Waals surface area contributed by atoms with Crippen molar-refractivity contribution in [1.82, 2.24) is 4.90 Å². The van der Waals surface area contributed by atoms with E-state index in [4.69, 9.17) is 11.6 Å². The van der Waals surface area contributed by atoms with Crippen molar-refractivity contribution in [1.29, 1.82) is 0 Å². The maximum absolute atomic E-state index is 9.78. The van der Waals surface area contributed by atoms with Gasteiger partial charge in [0.15, 0.2) is 0 Å². The van der Waals surface area contributed by atoms with Crippen LogP contribution >= 0.6 is 11.6 Å². The van der Waals surface area contributed by atoms with Gasteiger partial charge in [-0.15, -0.1) is 0 Å². The molecule has 0 radical (unpaired) electrons. The fourth-order valence-corrected chi connectivity index (χ4v) is 2.59. The number of benzene rings is 1. The minimum atomic E-state index is 0.311. The first-order valence-electron chi connectivity index (χ1n) is 5.85. The average molecular weight is 240 g/mol. The summed E-state index contributed by atoms with van der Waals surface area (Å²) in [7, 11) is 0. The van der Waals surface area contributed by atoms with Gasteiger partial charge >= 0.3 is 0 Å². The summed E-state index contributed by atoms with van der Waals surface area (Å²) in [4.78, 5) is 2.37. The van der Waals surface area contributed by atoms with Gasteiger partial charge in [-0.3, -0.25) is 4.90 Å². The first kappa shape index (κ1) is 11.7. The number of hydrogen-bond acceptors (Lipinski definition) is 2. The molecule has 1 aliphatic heterocycles. The van der Waals surface area contributed by atoms with Gasteiger partial charge in [-0.25, -0.2) is 0 Å². The normalized spacial score (nSPS) is 22.2. The molecule has 1 aliphatic rings. The molecule has 1 aromatic rings. The molecular weight excluding hydrogens is 222 g/mol. The van der Waals surface area contributed by atoms with Crippen molar-refractivity contribution >= 4 is 11.6 Å².